The van der Waals surface area contributed by atoms with E-state index in [1.54, 1.807) is 37.4 Å². The first kappa shape index (κ1) is 29.5. The number of fused-ring (bicyclic) bond motifs is 1. The Morgan fingerprint density at radius 2 is 1.83 bits per heavy atom. The molecule has 1 aromatic carbocycles. The van der Waals surface area contributed by atoms with E-state index in [-0.39, 0.29) is 29.2 Å². The summed E-state index contributed by atoms with van der Waals surface area (Å²) >= 11 is 0. The fourth-order valence-corrected chi connectivity index (χ4v) is 6.34. The lowest BCUT2D eigenvalue weighted by Gasteiger charge is -2.36. The molecule has 4 aromatic rings. The van der Waals surface area contributed by atoms with Crippen molar-refractivity contribution in [2.45, 2.75) is 44.4 Å². The molecule has 0 saturated carbocycles. The second-order valence-corrected chi connectivity index (χ2v) is 12.5. The van der Waals surface area contributed by atoms with Gasteiger partial charge in [-0.2, -0.15) is 0 Å². The summed E-state index contributed by atoms with van der Waals surface area (Å²) in [6.45, 7) is 6.36. The molecule has 1 amide bonds. The molecule has 2 atom stereocenters. The molecule has 1 saturated heterocycles. The number of rotatable bonds is 8. The van der Waals surface area contributed by atoms with E-state index in [0.29, 0.717) is 47.1 Å². The fourth-order valence-electron chi connectivity index (χ4n) is 5.02. The summed E-state index contributed by atoms with van der Waals surface area (Å²) in [5.74, 6) is -0.782. The van der Waals surface area contributed by atoms with Gasteiger partial charge in [0.05, 0.1) is 58.6 Å². The number of halogens is 1. The highest BCUT2D eigenvalue weighted by atomic mass is 32.2. The Hall–Kier alpha value is -4.00. The molecule has 1 aliphatic rings. The number of amides is 1. The lowest BCUT2D eigenvalue weighted by molar-refractivity contribution is -0.00547. The number of aromatic nitrogens is 3. The van der Waals surface area contributed by atoms with Gasteiger partial charge in [0.1, 0.15) is 11.6 Å². The minimum Gasteiger partial charge on any atom is -0.395 e. The Labute approximate surface area is 243 Å². The highest BCUT2D eigenvalue weighted by Crippen LogP contribution is 2.26. The van der Waals surface area contributed by atoms with Crippen LogP contribution in [-0.2, 0) is 21.1 Å². The SMILES string of the molecule is Cc1ccc(C(=O)NCc2cc3nc(-c4cc(F)cc(N5C[C@@H](C)O[C@@H](C)C5)n4)ccc3cn2)cc1S(=O)(=O)CCO. The summed E-state index contributed by atoms with van der Waals surface area (Å²) in [4.78, 5) is 28.7. The quantitative estimate of drug-likeness (QED) is 0.315. The molecule has 12 heteroatoms. The second kappa shape index (κ2) is 12.1. The minimum absolute atomic E-state index is 0.000155. The van der Waals surface area contributed by atoms with E-state index in [2.05, 4.69) is 10.3 Å². The van der Waals surface area contributed by atoms with Gasteiger partial charge >= 0.3 is 0 Å². The van der Waals surface area contributed by atoms with Crippen LogP contribution in [0, 0.1) is 12.7 Å². The van der Waals surface area contributed by atoms with E-state index in [1.165, 1.54) is 18.2 Å². The van der Waals surface area contributed by atoms with Crippen molar-refractivity contribution in [3.8, 4) is 11.4 Å². The molecule has 0 radical (unpaired) electrons. The van der Waals surface area contributed by atoms with Gasteiger partial charge in [-0.1, -0.05) is 6.07 Å². The van der Waals surface area contributed by atoms with E-state index in [9.17, 15) is 17.6 Å². The third-order valence-corrected chi connectivity index (χ3v) is 8.82. The van der Waals surface area contributed by atoms with Crippen LogP contribution in [0.2, 0.25) is 0 Å². The van der Waals surface area contributed by atoms with Gasteiger partial charge in [0.25, 0.3) is 5.91 Å². The standard InChI is InChI=1S/C30H32FN5O5S/c1-18-4-5-21(10-28(18)42(39,40)9-8-37)30(38)33-15-24-13-26-22(14-32-24)6-7-25(34-26)27-11-23(31)12-29(35-27)36-16-19(2)41-20(3)17-36/h4-7,10-14,19-20,37H,8-9,15-17H2,1-3H3,(H,33,38)/t19-,20+. The van der Waals surface area contributed by atoms with Crippen molar-refractivity contribution in [1.82, 2.24) is 20.3 Å². The van der Waals surface area contributed by atoms with Gasteiger partial charge in [0.2, 0.25) is 0 Å². The van der Waals surface area contributed by atoms with Crippen LogP contribution >= 0.6 is 0 Å². The average molecular weight is 594 g/mol. The first-order valence-corrected chi connectivity index (χ1v) is 15.2. The number of aliphatic hydroxyl groups is 1. The number of morpholine rings is 1. The number of carbonyl (C=O) groups excluding carboxylic acids is 1. The van der Waals surface area contributed by atoms with E-state index in [1.807, 2.05) is 24.8 Å². The zero-order valence-corrected chi connectivity index (χ0v) is 24.4. The van der Waals surface area contributed by atoms with Crippen molar-refractivity contribution in [1.29, 1.82) is 0 Å². The number of benzene rings is 1. The van der Waals surface area contributed by atoms with Gasteiger partial charge in [-0.3, -0.25) is 9.78 Å². The molecule has 5 rings (SSSR count). The summed E-state index contributed by atoms with van der Waals surface area (Å²) in [6, 6.07) is 12.5. The number of nitrogens with one attached hydrogen (secondary N) is 1. The van der Waals surface area contributed by atoms with Gasteiger partial charge in [-0.15, -0.1) is 0 Å². The Balaban J connectivity index is 1.35. The summed E-state index contributed by atoms with van der Waals surface area (Å²) in [7, 11) is -3.72. The monoisotopic (exact) mass is 593 g/mol. The minimum atomic E-state index is -3.72. The molecule has 0 unspecified atom stereocenters. The summed E-state index contributed by atoms with van der Waals surface area (Å²) in [5, 5.41) is 12.6. The van der Waals surface area contributed by atoms with Crippen molar-refractivity contribution in [2.75, 3.05) is 30.3 Å². The number of aryl methyl sites for hydroxylation is 1. The van der Waals surface area contributed by atoms with E-state index < -0.39 is 33.9 Å². The molecule has 0 bridgehead atoms. The predicted octanol–water partition coefficient (Wildman–Crippen LogP) is 3.45. The Bertz CT molecular complexity index is 1740. The highest BCUT2D eigenvalue weighted by Gasteiger charge is 2.24. The molecular formula is C30H32FN5O5S. The molecular weight excluding hydrogens is 561 g/mol. The molecule has 42 heavy (non-hydrogen) atoms. The number of sulfone groups is 1. The van der Waals surface area contributed by atoms with E-state index in [0.717, 1.165) is 5.39 Å². The summed E-state index contributed by atoms with van der Waals surface area (Å²) < 4.78 is 45.4. The number of carbonyl (C=O) groups is 1. The van der Waals surface area contributed by atoms with Crippen molar-refractivity contribution in [3.63, 3.8) is 0 Å². The lowest BCUT2D eigenvalue weighted by Crippen LogP contribution is -2.45. The zero-order chi connectivity index (χ0) is 30.0. The van der Waals surface area contributed by atoms with Gasteiger partial charge in [0.15, 0.2) is 9.84 Å². The van der Waals surface area contributed by atoms with Gasteiger partial charge in [0, 0.05) is 42.4 Å². The molecule has 1 aliphatic heterocycles. The molecule has 10 nitrogen and oxygen atoms in total. The number of pyridine rings is 3. The van der Waals surface area contributed by atoms with Crippen LogP contribution in [0.25, 0.3) is 22.3 Å². The van der Waals surface area contributed by atoms with Crippen LogP contribution in [0.1, 0.15) is 35.5 Å². The molecule has 3 aromatic heterocycles. The van der Waals surface area contributed by atoms with Gasteiger partial charge in [-0.05, 0) is 56.7 Å². The topological polar surface area (TPSA) is 135 Å². The summed E-state index contributed by atoms with van der Waals surface area (Å²) in [5.41, 5.74) is 2.69. The molecule has 0 spiro atoms. The summed E-state index contributed by atoms with van der Waals surface area (Å²) in [6.07, 6.45) is 1.64. The number of hydrogen-bond donors (Lipinski definition) is 2. The maximum Gasteiger partial charge on any atom is 0.251 e. The molecule has 1 fully saturated rings. The number of anilines is 1. The number of hydrogen-bond acceptors (Lipinski definition) is 9. The Kier molecular flexibility index (Phi) is 8.48. The van der Waals surface area contributed by atoms with Crippen LogP contribution in [0.15, 0.2) is 59.6 Å². The van der Waals surface area contributed by atoms with Crippen LogP contribution in [0.3, 0.4) is 0 Å². The largest absolute Gasteiger partial charge is 0.395 e. The predicted molar refractivity (Wildman–Crippen MR) is 156 cm³/mol. The maximum atomic E-state index is 14.7. The fraction of sp³-hybridized carbons (Fsp3) is 0.333. The zero-order valence-electron chi connectivity index (χ0n) is 23.5. The van der Waals surface area contributed by atoms with E-state index in [4.69, 9.17) is 19.8 Å². The van der Waals surface area contributed by atoms with Gasteiger partial charge in [-0.25, -0.2) is 22.8 Å². The Morgan fingerprint density at radius 3 is 2.57 bits per heavy atom. The van der Waals surface area contributed by atoms with Crippen molar-refractivity contribution >= 4 is 32.5 Å². The highest BCUT2D eigenvalue weighted by molar-refractivity contribution is 7.91. The van der Waals surface area contributed by atoms with Crippen molar-refractivity contribution in [2.24, 2.45) is 0 Å². The third-order valence-electron chi connectivity index (χ3n) is 6.99. The maximum absolute atomic E-state index is 14.7. The average Bonchev–Trinajstić information content (AvgIpc) is 2.94. The number of ether oxygens (including phenoxy) is 1. The normalized spacial score (nSPS) is 17.4. The third kappa shape index (κ3) is 6.56. The second-order valence-electron chi connectivity index (χ2n) is 10.5. The van der Waals surface area contributed by atoms with Crippen molar-refractivity contribution in [3.05, 3.63) is 77.4 Å². The number of aliphatic hydroxyl groups excluding tert-OH is 1. The molecule has 4 heterocycles. The molecule has 2 N–H and O–H groups in total. The van der Waals surface area contributed by atoms with Crippen LogP contribution in [-0.4, -0.2) is 72.0 Å². The van der Waals surface area contributed by atoms with Crippen LogP contribution in [0.4, 0.5) is 10.2 Å². The van der Waals surface area contributed by atoms with Crippen LogP contribution < -0.4 is 10.2 Å². The first-order valence-electron chi connectivity index (χ1n) is 13.6. The van der Waals surface area contributed by atoms with E-state index >= 15 is 0 Å². The Morgan fingerprint density at radius 1 is 1.07 bits per heavy atom. The lowest BCUT2D eigenvalue weighted by atomic mass is 10.1. The van der Waals surface area contributed by atoms with Crippen LogP contribution in [0.5, 0.6) is 0 Å². The smallest absolute Gasteiger partial charge is 0.251 e. The molecule has 220 valence electrons. The van der Waals surface area contributed by atoms with Crippen molar-refractivity contribution < 1.29 is 27.4 Å². The number of nitrogens with zero attached hydrogens (tertiary/aromatic N) is 4. The van der Waals surface area contributed by atoms with Gasteiger partial charge < -0.3 is 20.1 Å². The first-order chi connectivity index (χ1) is 20.0. The molecule has 0 aliphatic carbocycles.